The number of hydrogen-bond donors (Lipinski definition) is 2. The number of aromatic carboxylic acids is 1. The first-order valence-electron chi connectivity index (χ1n) is 5.06. The molecule has 0 spiro atoms. The molecule has 0 amide bonds. The van der Waals surface area contributed by atoms with Gasteiger partial charge in [-0.1, -0.05) is 6.92 Å². The van der Waals surface area contributed by atoms with Crippen molar-refractivity contribution in [1.29, 1.82) is 0 Å². The molecule has 1 aliphatic carbocycles. The molecule has 0 bridgehead atoms. The SMILES string of the molecule is C[C@@H]1CCc2[nH]c(=O)c(C(=O)O)cc2C1. The summed E-state index contributed by atoms with van der Waals surface area (Å²) in [6, 6.07) is 1.52. The number of carbonyl (C=O) groups is 1. The number of H-pyrrole nitrogens is 1. The third-order valence-electron chi connectivity index (χ3n) is 2.90. The summed E-state index contributed by atoms with van der Waals surface area (Å²) in [6.07, 6.45) is 2.74. The van der Waals surface area contributed by atoms with E-state index < -0.39 is 11.5 Å². The Hall–Kier alpha value is -1.58. The van der Waals surface area contributed by atoms with Crippen molar-refractivity contribution in [3.8, 4) is 0 Å². The van der Waals surface area contributed by atoms with Crippen LogP contribution in [0.5, 0.6) is 0 Å². The third kappa shape index (κ3) is 1.79. The Kier molecular flexibility index (Phi) is 2.34. The van der Waals surface area contributed by atoms with Crippen molar-refractivity contribution in [3.05, 3.63) is 33.2 Å². The molecule has 1 aromatic rings. The maximum atomic E-state index is 11.4. The molecule has 0 radical (unpaired) electrons. The van der Waals surface area contributed by atoms with Gasteiger partial charge >= 0.3 is 5.97 Å². The van der Waals surface area contributed by atoms with E-state index in [1.807, 2.05) is 0 Å². The van der Waals surface area contributed by atoms with Crippen LogP contribution in [0.25, 0.3) is 0 Å². The molecule has 4 heteroatoms. The predicted octanol–water partition coefficient (Wildman–Crippen LogP) is 1.20. The topological polar surface area (TPSA) is 70.2 Å². The van der Waals surface area contributed by atoms with Crippen LogP contribution in [0.4, 0.5) is 0 Å². The Balaban J connectivity index is 2.52. The normalized spacial score (nSPS) is 19.7. The van der Waals surface area contributed by atoms with Crippen molar-refractivity contribution in [2.45, 2.75) is 26.2 Å². The van der Waals surface area contributed by atoms with Crippen LogP contribution >= 0.6 is 0 Å². The first kappa shape index (κ1) is 9.96. The summed E-state index contributed by atoms with van der Waals surface area (Å²) >= 11 is 0. The minimum atomic E-state index is -1.16. The van der Waals surface area contributed by atoms with Crippen molar-refractivity contribution in [2.24, 2.45) is 5.92 Å². The summed E-state index contributed by atoms with van der Waals surface area (Å²) in [4.78, 5) is 24.8. The highest BCUT2D eigenvalue weighted by Gasteiger charge is 2.19. The van der Waals surface area contributed by atoms with Crippen molar-refractivity contribution < 1.29 is 9.90 Å². The molecule has 15 heavy (non-hydrogen) atoms. The average Bonchev–Trinajstić information content (AvgIpc) is 2.17. The van der Waals surface area contributed by atoms with E-state index in [4.69, 9.17) is 5.11 Å². The molecule has 1 atom stereocenters. The van der Waals surface area contributed by atoms with Gasteiger partial charge < -0.3 is 10.1 Å². The summed E-state index contributed by atoms with van der Waals surface area (Å²) < 4.78 is 0. The fraction of sp³-hybridized carbons (Fsp3) is 0.455. The Morgan fingerprint density at radius 2 is 2.33 bits per heavy atom. The third-order valence-corrected chi connectivity index (χ3v) is 2.90. The molecular weight excluding hydrogens is 194 g/mol. The minimum Gasteiger partial charge on any atom is -0.477 e. The molecule has 1 heterocycles. The lowest BCUT2D eigenvalue weighted by molar-refractivity contribution is 0.0694. The number of carboxylic acids is 1. The zero-order valence-electron chi connectivity index (χ0n) is 8.54. The molecule has 1 aromatic heterocycles. The van der Waals surface area contributed by atoms with E-state index >= 15 is 0 Å². The minimum absolute atomic E-state index is 0.150. The Morgan fingerprint density at radius 1 is 1.60 bits per heavy atom. The molecule has 0 aliphatic heterocycles. The van der Waals surface area contributed by atoms with Gasteiger partial charge in [0.25, 0.3) is 5.56 Å². The largest absolute Gasteiger partial charge is 0.477 e. The number of carboxylic acid groups (broad SMARTS) is 1. The predicted molar refractivity (Wildman–Crippen MR) is 55.2 cm³/mol. The standard InChI is InChI=1S/C11H13NO3/c1-6-2-3-9-7(4-6)5-8(11(14)15)10(13)12-9/h5-6H,2-4H2,1H3,(H,12,13)(H,14,15)/t6-/m1/s1. The molecule has 0 unspecified atom stereocenters. The smallest absolute Gasteiger partial charge is 0.341 e. The second-order valence-corrected chi connectivity index (χ2v) is 4.17. The molecule has 2 N–H and O–H groups in total. The number of aryl methyl sites for hydroxylation is 1. The van der Waals surface area contributed by atoms with E-state index in [0.29, 0.717) is 5.92 Å². The van der Waals surface area contributed by atoms with Gasteiger partial charge in [0.2, 0.25) is 0 Å². The van der Waals surface area contributed by atoms with Crippen LogP contribution in [0.15, 0.2) is 10.9 Å². The second kappa shape index (κ2) is 3.53. The molecule has 4 nitrogen and oxygen atoms in total. The Bertz CT molecular complexity index is 461. The number of rotatable bonds is 1. The zero-order valence-corrected chi connectivity index (χ0v) is 8.54. The van der Waals surface area contributed by atoms with Gasteiger partial charge in [0, 0.05) is 5.69 Å². The monoisotopic (exact) mass is 207 g/mol. The van der Waals surface area contributed by atoms with Gasteiger partial charge in [0.1, 0.15) is 5.56 Å². The zero-order chi connectivity index (χ0) is 11.0. The first-order chi connectivity index (χ1) is 7.08. The van der Waals surface area contributed by atoms with Crippen LogP contribution in [0, 0.1) is 5.92 Å². The molecule has 2 rings (SSSR count). The lowest BCUT2D eigenvalue weighted by atomic mass is 9.87. The molecule has 0 saturated carbocycles. The van der Waals surface area contributed by atoms with Gasteiger partial charge in [0.05, 0.1) is 0 Å². The fourth-order valence-corrected chi connectivity index (χ4v) is 2.04. The number of pyridine rings is 1. The number of aromatic nitrogens is 1. The summed E-state index contributed by atoms with van der Waals surface area (Å²) in [5.41, 5.74) is 1.24. The summed E-state index contributed by atoms with van der Waals surface area (Å²) in [7, 11) is 0. The highest BCUT2D eigenvalue weighted by Crippen LogP contribution is 2.23. The molecule has 0 saturated heterocycles. The van der Waals surface area contributed by atoms with E-state index in [1.54, 1.807) is 0 Å². The molecule has 0 aromatic carbocycles. The molecule has 0 fully saturated rings. The summed E-state index contributed by atoms with van der Waals surface area (Å²) in [6.45, 7) is 2.13. The highest BCUT2D eigenvalue weighted by atomic mass is 16.4. The molecular formula is C11H13NO3. The average molecular weight is 207 g/mol. The number of nitrogens with one attached hydrogen (secondary N) is 1. The summed E-state index contributed by atoms with van der Waals surface area (Å²) in [5.74, 6) is -0.595. The fourth-order valence-electron chi connectivity index (χ4n) is 2.04. The van der Waals surface area contributed by atoms with E-state index in [9.17, 15) is 9.59 Å². The van der Waals surface area contributed by atoms with E-state index in [-0.39, 0.29) is 5.56 Å². The summed E-state index contributed by atoms with van der Waals surface area (Å²) in [5, 5.41) is 8.81. The second-order valence-electron chi connectivity index (χ2n) is 4.17. The van der Waals surface area contributed by atoms with E-state index in [2.05, 4.69) is 11.9 Å². The van der Waals surface area contributed by atoms with E-state index in [1.165, 1.54) is 6.07 Å². The van der Waals surface area contributed by atoms with Crippen LogP contribution in [-0.4, -0.2) is 16.1 Å². The highest BCUT2D eigenvalue weighted by molar-refractivity contribution is 5.87. The van der Waals surface area contributed by atoms with Crippen LogP contribution in [-0.2, 0) is 12.8 Å². The van der Waals surface area contributed by atoms with Crippen LogP contribution in [0.2, 0.25) is 0 Å². The van der Waals surface area contributed by atoms with Gasteiger partial charge in [-0.2, -0.15) is 0 Å². The quantitative estimate of drug-likeness (QED) is 0.726. The maximum Gasteiger partial charge on any atom is 0.341 e. The van der Waals surface area contributed by atoms with Crippen LogP contribution in [0.1, 0.15) is 35.0 Å². The van der Waals surface area contributed by atoms with Gasteiger partial charge in [-0.3, -0.25) is 4.79 Å². The van der Waals surface area contributed by atoms with E-state index in [0.717, 1.165) is 30.5 Å². The first-order valence-corrected chi connectivity index (χ1v) is 5.06. The lowest BCUT2D eigenvalue weighted by Gasteiger charge is -2.20. The van der Waals surface area contributed by atoms with Crippen molar-refractivity contribution in [1.82, 2.24) is 4.98 Å². The molecule has 80 valence electrons. The van der Waals surface area contributed by atoms with Crippen LogP contribution < -0.4 is 5.56 Å². The lowest BCUT2D eigenvalue weighted by Crippen LogP contribution is -2.23. The van der Waals surface area contributed by atoms with Gasteiger partial charge in [-0.15, -0.1) is 0 Å². The maximum absolute atomic E-state index is 11.4. The van der Waals surface area contributed by atoms with Gasteiger partial charge in [0.15, 0.2) is 0 Å². The Labute approximate surface area is 87.0 Å². The van der Waals surface area contributed by atoms with Gasteiger partial charge in [-0.25, -0.2) is 4.79 Å². The number of aromatic amines is 1. The van der Waals surface area contributed by atoms with Crippen molar-refractivity contribution in [2.75, 3.05) is 0 Å². The van der Waals surface area contributed by atoms with Gasteiger partial charge in [-0.05, 0) is 36.8 Å². The number of hydrogen-bond acceptors (Lipinski definition) is 2. The van der Waals surface area contributed by atoms with Crippen molar-refractivity contribution in [3.63, 3.8) is 0 Å². The Morgan fingerprint density at radius 3 is 3.00 bits per heavy atom. The number of fused-ring (bicyclic) bond motifs is 1. The van der Waals surface area contributed by atoms with Crippen LogP contribution in [0.3, 0.4) is 0 Å². The van der Waals surface area contributed by atoms with Crippen molar-refractivity contribution >= 4 is 5.97 Å². The molecule has 1 aliphatic rings.